The highest BCUT2D eigenvalue weighted by Gasteiger charge is 2.35. The van der Waals surface area contributed by atoms with E-state index in [-0.39, 0.29) is 11.9 Å². The lowest BCUT2D eigenvalue weighted by atomic mass is 10.1. The molecule has 1 aromatic rings. The molecule has 2 saturated heterocycles. The predicted octanol–water partition coefficient (Wildman–Crippen LogP) is 0.318. The monoisotopic (exact) mass is 282 g/mol. The summed E-state index contributed by atoms with van der Waals surface area (Å²) >= 11 is 1.28. The fourth-order valence-corrected chi connectivity index (χ4v) is 3.29. The number of hydrogen-bond acceptors (Lipinski definition) is 6. The number of thiazole rings is 1. The third-order valence-electron chi connectivity index (χ3n) is 3.73. The van der Waals surface area contributed by atoms with Crippen molar-refractivity contribution in [3.8, 4) is 0 Å². The Labute approximate surface area is 115 Å². The van der Waals surface area contributed by atoms with Crippen LogP contribution < -0.4 is 11.1 Å². The molecule has 6 nitrogen and oxygen atoms in total. The van der Waals surface area contributed by atoms with E-state index < -0.39 is 0 Å². The molecular formula is C12H18N4O2S. The maximum Gasteiger partial charge on any atom is 0.271 e. The number of ether oxygens (including phenoxy) is 1. The standard InChI is InChI=1S/C12H18N4O2S/c13-12-15-9(7-19-12)11(17)14-8-5-18-6-10(8)16-3-1-2-4-16/h7-8,10H,1-6H2,(H2,13,15)(H,14,17)/t8-,10-/m0/s1. The molecule has 7 heteroatoms. The zero-order valence-electron chi connectivity index (χ0n) is 10.7. The van der Waals surface area contributed by atoms with Gasteiger partial charge in [-0.3, -0.25) is 9.69 Å². The van der Waals surface area contributed by atoms with Crippen molar-refractivity contribution in [3.05, 3.63) is 11.1 Å². The highest BCUT2D eigenvalue weighted by molar-refractivity contribution is 7.13. The van der Waals surface area contributed by atoms with Gasteiger partial charge in [-0.25, -0.2) is 4.98 Å². The summed E-state index contributed by atoms with van der Waals surface area (Å²) in [7, 11) is 0. The molecule has 0 saturated carbocycles. The Balaban J connectivity index is 1.63. The third-order valence-corrected chi connectivity index (χ3v) is 4.41. The number of carbonyl (C=O) groups is 1. The first kappa shape index (κ1) is 12.8. The smallest absolute Gasteiger partial charge is 0.271 e. The number of anilines is 1. The maximum absolute atomic E-state index is 12.1. The molecule has 0 aromatic carbocycles. The topological polar surface area (TPSA) is 80.5 Å². The van der Waals surface area contributed by atoms with E-state index in [1.165, 1.54) is 24.2 Å². The molecule has 104 valence electrons. The minimum atomic E-state index is -0.160. The number of nitrogens with zero attached hydrogens (tertiary/aromatic N) is 2. The van der Waals surface area contributed by atoms with E-state index in [0.29, 0.717) is 30.1 Å². The molecule has 1 aromatic heterocycles. The molecule has 2 fully saturated rings. The summed E-state index contributed by atoms with van der Waals surface area (Å²) in [6, 6.07) is 0.343. The van der Waals surface area contributed by atoms with Crippen molar-refractivity contribution in [2.24, 2.45) is 0 Å². The summed E-state index contributed by atoms with van der Waals surface area (Å²) in [6.07, 6.45) is 2.47. The molecule has 0 bridgehead atoms. The van der Waals surface area contributed by atoms with Crippen LogP contribution >= 0.6 is 11.3 Å². The van der Waals surface area contributed by atoms with E-state index in [2.05, 4.69) is 15.2 Å². The van der Waals surface area contributed by atoms with Gasteiger partial charge in [0.25, 0.3) is 5.91 Å². The number of aromatic nitrogens is 1. The fourth-order valence-electron chi connectivity index (χ4n) is 2.75. The SMILES string of the molecule is Nc1nc(C(=O)N[C@H]2COC[C@@H]2N2CCCC2)cs1. The first-order valence-corrected chi connectivity index (χ1v) is 7.45. The van der Waals surface area contributed by atoms with Gasteiger partial charge in [0.05, 0.1) is 25.3 Å². The summed E-state index contributed by atoms with van der Waals surface area (Å²) in [5, 5.41) is 5.12. The summed E-state index contributed by atoms with van der Waals surface area (Å²) in [5.74, 6) is -0.160. The Morgan fingerprint density at radius 3 is 2.95 bits per heavy atom. The van der Waals surface area contributed by atoms with E-state index in [9.17, 15) is 4.79 Å². The van der Waals surface area contributed by atoms with Gasteiger partial charge in [0.15, 0.2) is 5.13 Å². The van der Waals surface area contributed by atoms with E-state index in [1.54, 1.807) is 5.38 Å². The van der Waals surface area contributed by atoms with Gasteiger partial charge in [0.2, 0.25) is 0 Å². The average molecular weight is 282 g/mol. The molecule has 19 heavy (non-hydrogen) atoms. The van der Waals surface area contributed by atoms with E-state index >= 15 is 0 Å². The Bertz CT molecular complexity index is 458. The summed E-state index contributed by atoms with van der Waals surface area (Å²) in [4.78, 5) is 18.5. The lowest BCUT2D eigenvalue weighted by Crippen LogP contribution is -2.50. The van der Waals surface area contributed by atoms with Crippen LogP contribution in [0.5, 0.6) is 0 Å². The van der Waals surface area contributed by atoms with Crippen LogP contribution in [0.1, 0.15) is 23.3 Å². The first-order chi connectivity index (χ1) is 9.24. The lowest BCUT2D eigenvalue weighted by molar-refractivity contribution is 0.0912. The summed E-state index contributed by atoms with van der Waals surface area (Å²) < 4.78 is 5.53. The lowest BCUT2D eigenvalue weighted by Gasteiger charge is -2.27. The number of carbonyl (C=O) groups excluding carboxylic acids is 1. The highest BCUT2D eigenvalue weighted by Crippen LogP contribution is 2.19. The van der Waals surface area contributed by atoms with Gasteiger partial charge >= 0.3 is 0 Å². The van der Waals surface area contributed by atoms with Gasteiger partial charge in [0, 0.05) is 5.38 Å². The van der Waals surface area contributed by atoms with Crippen molar-refractivity contribution in [1.82, 2.24) is 15.2 Å². The average Bonchev–Trinajstić information content (AvgIpc) is 3.07. The number of nitrogens with one attached hydrogen (secondary N) is 1. The zero-order chi connectivity index (χ0) is 13.2. The molecule has 3 rings (SSSR count). The van der Waals surface area contributed by atoms with Crippen molar-refractivity contribution in [2.45, 2.75) is 24.9 Å². The summed E-state index contributed by atoms with van der Waals surface area (Å²) in [6.45, 7) is 3.48. The first-order valence-electron chi connectivity index (χ1n) is 6.58. The van der Waals surface area contributed by atoms with Crippen molar-refractivity contribution < 1.29 is 9.53 Å². The Morgan fingerprint density at radius 2 is 2.26 bits per heavy atom. The normalized spacial score (nSPS) is 27.8. The number of hydrogen-bond donors (Lipinski definition) is 2. The molecule has 3 N–H and O–H groups in total. The van der Waals surface area contributed by atoms with Crippen molar-refractivity contribution in [2.75, 3.05) is 32.0 Å². The van der Waals surface area contributed by atoms with Crippen LogP contribution in [0.2, 0.25) is 0 Å². The molecule has 2 aliphatic rings. The summed E-state index contributed by atoms with van der Waals surface area (Å²) in [5.41, 5.74) is 5.94. The number of nitrogen functional groups attached to an aromatic ring is 1. The predicted molar refractivity (Wildman–Crippen MR) is 73.2 cm³/mol. The van der Waals surface area contributed by atoms with Crippen molar-refractivity contribution >= 4 is 22.4 Å². The second-order valence-corrected chi connectivity index (χ2v) is 5.89. The highest BCUT2D eigenvalue weighted by atomic mass is 32.1. The Morgan fingerprint density at radius 1 is 1.47 bits per heavy atom. The minimum Gasteiger partial charge on any atom is -0.378 e. The van der Waals surface area contributed by atoms with Crippen LogP contribution in [-0.4, -0.2) is 54.2 Å². The zero-order valence-corrected chi connectivity index (χ0v) is 11.5. The minimum absolute atomic E-state index is 0.0496. The van der Waals surface area contributed by atoms with E-state index in [0.717, 1.165) is 13.1 Å². The fraction of sp³-hybridized carbons (Fsp3) is 0.667. The van der Waals surface area contributed by atoms with Crippen molar-refractivity contribution in [1.29, 1.82) is 0 Å². The molecule has 1 amide bonds. The van der Waals surface area contributed by atoms with Crippen LogP contribution in [0, 0.1) is 0 Å². The molecule has 0 spiro atoms. The van der Waals surface area contributed by atoms with Crippen LogP contribution in [-0.2, 0) is 4.74 Å². The molecule has 0 aliphatic carbocycles. The molecule has 3 heterocycles. The van der Waals surface area contributed by atoms with Crippen LogP contribution in [0.25, 0.3) is 0 Å². The van der Waals surface area contributed by atoms with Gasteiger partial charge in [-0.2, -0.15) is 0 Å². The molecular weight excluding hydrogens is 264 g/mol. The molecule has 2 atom stereocenters. The number of nitrogens with two attached hydrogens (primary N) is 1. The number of likely N-dealkylation sites (tertiary alicyclic amines) is 1. The Hall–Kier alpha value is -1.18. The van der Waals surface area contributed by atoms with Gasteiger partial charge < -0.3 is 15.8 Å². The van der Waals surface area contributed by atoms with Gasteiger partial charge in [-0.15, -0.1) is 11.3 Å². The molecule has 2 aliphatic heterocycles. The van der Waals surface area contributed by atoms with Gasteiger partial charge in [0.1, 0.15) is 5.69 Å². The maximum atomic E-state index is 12.1. The second kappa shape index (κ2) is 5.44. The molecule has 0 unspecified atom stereocenters. The van der Waals surface area contributed by atoms with E-state index in [1.807, 2.05) is 0 Å². The largest absolute Gasteiger partial charge is 0.378 e. The van der Waals surface area contributed by atoms with Gasteiger partial charge in [-0.1, -0.05) is 0 Å². The number of amides is 1. The molecule has 0 radical (unpaired) electrons. The quantitative estimate of drug-likeness (QED) is 0.834. The second-order valence-electron chi connectivity index (χ2n) is 5.00. The van der Waals surface area contributed by atoms with Gasteiger partial charge in [-0.05, 0) is 25.9 Å². The Kier molecular flexibility index (Phi) is 3.67. The van der Waals surface area contributed by atoms with Crippen LogP contribution in [0.4, 0.5) is 5.13 Å². The van der Waals surface area contributed by atoms with E-state index in [4.69, 9.17) is 10.5 Å². The van der Waals surface area contributed by atoms with Crippen molar-refractivity contribution in [3.63, 3.8) is 0 Å². The van der Waals surface area contributed by atoms with Crippen LogP contribution in [0.3, 0.4) is 0 Å². The van der Waals surface area contributed by atoms with Crippen LogP contribution in [0.15, 0.2) is 5.38 Å². The number of rotatable bonds is 3. The third kappa shape index (κ3) is 2.72.